The number of nitrogens with zero attached hydrogens (tertiary/aromatic N) is 1. The van der Waals surface area contributed by atoms with E-state index in [1.165, 1.54) is 12.1 Å². The summed E-state index contributed by atoms with van der Waals surface area (Å²) in [5.41, 5.74) is -0.697. The van der Waals surface area contributed by atoms with Gasteiger partial charge in [0, 0.05) is 5.92 Å². The second-order valence-electron chi connectivity index (χ2n) is 4.87. The molecule has 0 radical (unpaired) electrons. The monoisotopic (exact) mass is 269 g/mol. The summed E-state index contributed by atoms with van der Waals surface area (Å²) in [6.07, 6.45) is -2.49. The molecule has 19 heavy (non-hydrogen) atoms. The van der Waals surface area contributed by atoms with Gasteiger partial charge >= 0.3 is 6.18 Å². The minimum absolute atomic E-state index is 0.0126. The van der Waals surface area contributed by atoms with E-state index in [0.29, 0.717) is 12.8 Å². The van der Waals surface area contributed by atoms with Gasteiger partial charge in [0.15, 0.2) is 0 Å². The lowest BCUT2D eigenvalue weighted by molar-refractivity contribution is -0.138. The highest BCUT2D eigenvalue weighted by atomic mass is 19.4. The first-order valence-electron chi connectivity index (χ1n) is 6.23. The molecule has 0 bridgehead atoms. The van der Waals surface area contributed by atoms with Crippen molar-refractivity contribution in [1.82, 2.24) is 0 Å². The first-order valence-corrected chi connectivity index (χ1v) is 6.23. The molecule has 1 N–H and O–H groups in total. The van der Waals surface area contributed by atoms with Crippen LogP contribution >= 0.6 is 0 Å². The Morgan fingerprint density at radius 1 is 1.21 bits per heavy atom. The predicted octanol–water partition coefficient (Wildman–Crippen LogP) is 3.60. The average molecular weight is 269 g/mol. The van der Waals surface area contributed by atoms with Crippen molar-refractivity contribution in [2.45, 2.75) is 43.9 Å². The minimum Gasteiger partial charge on any atom is -0.392 e. The molecule has 1 aromatic rings. The highest BCUT2D eigenvalue weighted by Crippen LogP contribution is 2.41. The van der Waals surface area contributed by atoms with E-state index in [0.717, 1.165) is 18.9 Å². The van der Waals surface area contributed by atoms with E-state index in [-0.39, 0.29) is 11.1 Å². The molecule has 0 amide bonds. The molecule has 0 unspecified atom stereocenters. The molecule has 1 aromatic carbocycles. The van der Waals surface area contributed by atoms with Gasteiger partial charge < -0.3 is 5.11 Å². The molecule has 0 heterocycles. The lowest BCUT2D eigenvalue weighted by atomic mass is 9.79. The molecule has 2 rings (SSSR count). The molecule has 0 aromatic heterocycles. The van der Waals surface area contributed by atoms with E-state index in [1.807, 2.05) is 0 Å². The van der Waals surface area contributed by atoms with Crippen molar-refractivity contribution in [3.05, 3.63) is 34.9 Å². The molecular formula is C14H14F3NO. The van der Waals surface area contributed by atoms with Crippen molar-refractivity contribution in [1.29, 1.82) is 5.26 Å². The fourth-order valence-corrected chi connectivity index (χ4v) is 2.67. The smallest absolute Gasteiger partial charge is 0.392 e. The summed E-state index contributed by atoms with van der Waals surface area (Å²) >= 11 is 0. The summed E-state index contributed by atoms with van der Waals surface area (Å²) < 4.78 is 39.2. The van der Waals surface area contributed by atoms with Gasteiger partial charge in [-0.2, -0.15) is 18.4 Å². The van der Waals surface area contributed by atoms with Crippen LogP contribution in [0.15, 0.2) is 18.2 Å². The highest BCUT2D eigenvalue weighted by molar-refractivity contribution is 5.42. The Bertz CT molecular complexity index is 504. The zero-order valence-electron chi connectivity index (χ0n) is 10.2. The van der Waals surface area contributed by atoms with Crippen LogP contribution in [0.5, 0.6) is 0 Å². The van der Waals surface area contributed by atoms with Crippen LogP contribution in [0.25, 0.3) is 0 Å². The third kappa shape index (κ3) is 2.90. The van der Waals surface area contributed by atoms with Crippen LogP contribution in [0.2, 0.25) is 0 Å². The SMILES string of the molecule is N#Cc1ccc([C@H]2CCCC[C@H]2O)c(C(F)(F)F)c1. The van der Waals surface area contributed by atoms with Crippen LogP contribution in [0.4, 0.5) is 13.2 Å². The van der Waals surface area contributed by atoms with Gasteiger partial charge in [-0.25, -0.2) is 0 Å². The number of hydrogen-bond donors (Lipinski definition) is 1. The van der Waals surface area contributed by atoms with Crippen LogP contribution in [0.3, 0.4) is 0 Å². The van der Waals surface area contributed by atoms with Gasteiger partial charge in [0.2, 0.25) is 0 Å². The lowest BCUT2D eigenvalue weighted by Gasteiger charge is -2.30. The van der Waals surface area contributed by atoms with Gasteiger partial charge in [-0.3, -0.25) is 0 Å². The standard InChI is InChI=1S/C14H14F3NO/c15-14(16,17)12-7-9(8-18)5-6-10(12)11-3-1-2-4-13(11)19/h5-7,11,13,19H,1-4H2/t11-,13-/m1/s1. The maximum atomic E-state index is 13.1. The topological polar surface area (TPSA) is 44.0 Å². The fourth-order valence-electron chi connectivity index (χ4n) is 2.67. The highest BCUT2D eigenvalue weighted by Gasteiger charge is 2.37. The van der Waals surface area contributed by atoms with Crippen molar-refractivity contribution in [3.8, 4) is 6.07 Å². The quantitative estimate of drug-likeness (QED) is 0.846. The summed E-state index contributed by atoms with van der Waals surface area (Å²) in [5, 5.41) is 18.6. The van der Waals surface area contributed by atoms with Crippen molar-refractivity contribution < 1.29 is 18.3 Å². The zero-order chi connectivity index (χ0) is 14.0. The Kier molecular flexibility index (Phi) is 3.81. The molecule has 102 valence electrons. The van der Waals surface area contributed by atoms with Gasteiger partial charge in [0.25, 0.3) is 0 Å². The van der Waals surface area contributed by atoms with Gasteiger partial charge in [0.1, 0.15) is 0 Å². The molecule has 1 saturated carbocycles. The first-order chi connectivity index (χ1) is 8.93. The maximum absolute atomic E-state index is 13.1. The number of rotatable bonds is 1. The van der Waals surface area contributed by atoms with Gasteiger partial charge in [-0.1, -0.05) is 18.9 Å². The van der Waals surface area contributed by atoms with Gasteiger partial charge in [-0.05, 0) is 30.5 Å². The summed E-state index contributed by atoms with van der Waals surface area (Å²) in [7, 11) is 0. The zero-order valence-corrected chi connectivity index (χ0v) is 10.2. The predicted molar refractivity (Wildman–Crippen MR) is 63.4 cm³/mol. The number of aliphatic hydroxyl groups is 1. The summed E-state index contributed by atoms with van der Waals surface area (Å²) in [4.78, 5) is 0. The number of benzene rings is 1. The molecular weight excluding hydrogens is 255 g/mol. The first kappa shape index (κ1) is 13.9. The third-order valence-corrected chi connectivity index (χ3v) is 3.62. The Balaban J connectivity index is 2.47. The molecule has 5 heteroatoms. The van der Waals surface area contributed by atoms with E-state index in [9.17, 15) is 18.3 Å². The third-order valence-electron chi connectivity index (χ3n) is 3.62. The van der Waals surface area contributed by atoms with E-state index < -0.39 is 23.8 Å². The Labute approximate surface area is 109 Å². The lowest BCUT2D eigenvalue weighted by Crippen LogP contribution is -2.25. The number of hydrogen-bond acceptors (Lipinski definition) is 2. The molecule has 0 aliphatic heterocycles. The molecule has 0 spiro atoms. The van der Waals surface area contributed by atoms with Crippen molar-refractivity contribution in [3.63, 3.8) is 0 Å². The van der Waals surface area contributed by atoms with Gasteiger partial charge in [0.05, 0.1) is 23.3 Å². The summed E-state index contributed by atoms with van der Waals surface area (Å²) in [5.74, 6) is -0.488. The van der Waals surface area contributed by atoms with Crippen molar-refractivity contribution in [2.24, 2.45) is 0 Å². The Morgan fingerprint density at radius 3 is 2.47 bits per heavy atom. The van der Waals surface area contributed by atoms with E-state index >= 15 is 0 Å². The van der Waals surface area contributed by atoms with Gasteiger partial charge in [-0.15, -0.1) is 0 Å². The molecule has 1 aliphatic rings. The summed E-state index contributed by atoms with van der Waals surface area (Å²) in [6, 6.07) is 5.30. The normalized spacial score (nSPS) is 23.9. The van der Waals surface area contributed by atoms with Crippen LogP contribution < -0.4 is 0 Å². The Morgan fingerprint density at radius 2 is 1.89 bits per heavy atom. The van der Waals surface area contributed by atoms with Crippen LogP contribution in [-0.2, 0) is 6.18 Å². The number of aliphatic hydroxyl groups excluding tert-OH is 1. The second-order valence-corrected chi connectivity index (χ2v) is 4.87. The largest absolute Gasteiger partial charge is 0.416 e. The van der Waals surface area contributed by atoms with E-state index in [2.05, 4.69) is 0 Å². The van der Waals surface area contributed by atoms with Crippen LogP contribution in [0.1, 0.15) is 48.3 Å². The average Bonchev–Trinajstić information content (AvgIpc) is 2.38. The molecule has 2 atom stereocenters. The van der Waals surface area contributed by atoms with E-state index in [1.54, 1.807) is 6.07 Å². The minimum atomic E-state index is -4.50. The molecule has 0 saturated heterocycles. The molecule has 1 fully saturated rings. The number of alkyl halides is 3. The molecule has 1 aliphatic carbocycles. The fraction of sp³-hybridized carbons (Fsp3) is 0.500. The maximum Gasteiger partial charge on any atom is 0.416 e. The van der Waals surface area contributed by atoms with Crippen LogP contribution in [0, 0.1) is 11.3 Å². The van der Waals surface area contributed by atoms with E-state index in [4.69, 9.17) is 5.26 Å². The Hall–Kier alpha value is -1.54. The van der Waals surface area contributed by atoms with Crippen molar-refractivity contribution in [2.75, 3.05) is 0 Å². The van der Waals surface area contributed by atoms with Crippen molar-refractivity contribution >= 4 is 0 Å². The number of nitriles is 1. The second kappa shape index (κ2) is 5.22. The molecule has 2 nitrogen and oxygen atoms in total. The number of halogens is 3. The van der Waals surface area contributed by atoms with Crippen LogP contribution in [-0.4, -0.2) is 11.2 Å². The summed E-state index contributed by atoms with van der Waals surface area (Å²) in [6.45, 7) is 0.